The first kappa shape index (κ1) is 17.1. The van der Waals surface area contributed by atoms with Crippen molar-refractivity contribution < 1.29 is 9.59 Å². The standard InChI is InChI=1S/C20H23N3O2/c1-15-5-4-6-17(13-15)20(25)23-11-8-16(9-12-23)19(24)22-14-18-7-2-3-10-21-18/h2-7,10,13,16H,8-9,11-12,14H2,1H3,(H,22,24). The summed E-state index contributed by atoms with van der Waals surface area (Å²) in [6.45, 7) is 3.67. The summed E-state index contributed by atoms with van der Waals surface area (Å²) in [5.74, 6) is 0.0645. The summed E-state index contributed by atoms with van der Waals surface area (Å²) < 4.78 is 0. The maximum Gasteiger partial charge on any atom is 0.253 e. The lowest BCUT2D eigenvalue weighted by Crippen LogP contribution is -2.43. The van der Waals surface area contributed by atoms with Crippen LogP contribution in [0.25, 0.3) is 0 Å². The monoisotopic (exact) mass is 337 g/mol. The van der Waals surface area contributed by atoms with Crippen LogP contribution in [-0.2, 0) is 11.3 Å². The van der Waals surface area contributed by atoms with Crippen molar-refractivity contribution in [2.24, 2.45) is 5.92 Å². The summed E-state index contributed by atoms with van der Waals surface area (Å²) in [6, 6.07) is 13.3. The van der Waals surface area contributed by atoms with Crippen LogP contribution in [0.3, 0.4) is 0 Å². The van der Waals surface area contributed by atoms with Gasteiger partial charge in [0, 0.05) is 30.8 Å². The molecule has 1 aromatic carbocycles. The van der Waals surface area contributed by atoms with Crippen LogP contribution in [0.2, 0.25) is 0 Å². The summed E-state index contributed by atoms with van der Waals surface area (Å²) in [5, 5.41) is 2.95. The van der Waals surface area contributed by atoms with Gasteiger partial charge in [-0.05, 0) is 44.0 Å². The number of amides is 2. The Morgan fingerprint density at radius 2 is 1.96 bits per heavy atom. The molecule has 1 fully saturated rings. The van der Waals surface area contributed by atoms with Crippen LogP contribution in [0.4, 0.5) is 0 Å². The normalized spacial score (nSPS) is 15.0. The highest BCUT2D eigenvalue weighted by Crippen LogP contribution is 2.19. The summed E-state index contributed by atoms with van der Waals surface area (Å²) in [5.41, 5.74) is 2.65. The Balaban J connectivity index is 1.49. The van der Waals surface area contributed by atoms with E-state index in [0.29, 0.717) is 32.5 Å². The van der Waals surface area contributed by atoms with E-state index in [4.69, 9.17) is 0 Å². The van der Waals surface area contributed by atoms with Crippen LogP contribution in [0.1, 0.15) is 34.5 Å². The molecule has 1 N–H and O–H groups in total. The number of nitrogens with zero attached hydrogens (tertiary/aromatic N) is 2. The van der Waals surface area contributed by atoms with Crippen LogP contribution < -0.4 is 5.32 Å². The van der Waals surface area contributed by atoms with Crippen LogP contribution in [0.15, 0.2) is 48.7 Å². The predicted octanol–water partition coefficient (Wildman–Crippen LogP) is 2.56. The van der Waals surface area contributed by atoms with Crippen molar-refractivity contribution >= 4 is 11.8 Å². The van der Waals surface area contributed by atoms with E-state index in [2.05, 4.69) is 10.3 Å². The van der Waals surface area contributed by atoms with Crippen LogP contribution in [-0.4, -0.2) is 34.8 Å². The minimum atomic E-state index is -0.0368. The molecule has 0 radical (unpaired) electrons. The second kappa shape index (κ2) is 7.92. The van der Waals surface area contributed by atoms with Crippen molar-refractivity contribution in [3.8, 4) is 0 Å². The first-order valence-electron chi connectivity index (χ1n) is 8.67. The molecule has 0 aliphatic carbocycles. The van der Waals surface area contributed by atoms with Gasteiger partial charge in [-0.25, -0.2) is 0 Å². The molecule has 0 unspecified atom stereocenters. The van der Waals surface area contributed by atoms with Gasteiger partial charge in [0.2, 0.25) is 5.91 Å². The van der Waals surface area contributed by atoms with Crippen molar-refractivity contribution in [2.75, 3.05) is 13.1 Å². The summed E-state index contributed by atoms with van der Waals surface area (Å²) in [6.07, 6.45) is 3.12. The third-order valence-corrected chi connectivity index (χ3v) is 4.59. The van der Waals surface area contributed by atoms with Crippen molar-refractivity contribution in [1.29, 1.82) is 0 Å². The minimum Gasteiger partial charge on any atom is -0.350 e. The zero-order valence-corrected chi connectivity index (χ0v) is 14.4. The number of aryl methyl sites for hydroxylation is 1. The fourth-order valence-electron chi connectivity index (χ4n) is 3.13. The fourth-order valence-corrected chi connectivity index (χ4v) is 3.13. The summed E-state index contributed by atoms with van der Waals surface area (Å²) >= 11 is 0. The van der Waals surface area contributed by atoms with E-state index < -0.39 is 0 Å². The fraction of sp³-hybridized carbons (Fsp3) is 0.350. The third kappa shape index (κ3) is 4.44. The van der Waals surface area contributed by atoms with Crippen molar-refractivity contribution in [3.05, 3.63) is 65.5 Å². The minimum absolute atomic E-state index is 0.0368. The van der Waals surface area contributed by atoms with E-state index in [9.17, 15) is 9.59 Å². The molecular formula is C20H23N3O2. The number of piperidine rings is 1. The van der Waals surface area contributed by atoms with Crippen LogP contribution >= 0.6 is 0 Å². The van der Waals surface area contributed by atoms with Gasteiger partial charge < -0.3 is 10.2 Å². The van der Waals surface area contributed by atoms with Crippen LogP contribution in [0.5, 0.6) is 0 Å². The molecule has 2 amide bonds. The Morgan fingerprint density at radius 1 is 1.16 bits per heavy atom. The van der Waals surface area contributed by atoms with Crippen molar-refractivity contribution in [2.45, 2.75) is 26.3 Å². The van der Waals surface area contributed by atoms with E-state index in [1.807, 2.05) is 54.3 Å². The second-order valence-corrected chi connectivity index (χ2v) is 6.47. The van der Waals surface area contributed by atoms with Gasteiger partial charge in [-0.3, -0.25) is 14.6 Å². The molecule has 1 aliphatic heterocycles. The van der Waals surface area contributed by atoms with Gasteiger partial charge in [-0.2, -0.15) is 0 Å². The molecule has 0 spiro atoms. The Kier molecular flexibility index (Phi) is 5.43. The molecule has 0 saturated carbocycles. The topological polar surface area (TPSA) is 62.3 Å². The third-order valence-electron chi connectivity index (χ3n) is 4.59. The predicted molar refractivity (Wildman–Crippen MR) is 95.9 cm³/mol. The summed E-state index contributed by atoms with van der Waals surface area (Å²) in [4.78, 5) is 30.9. The highest BCUT2D eigenvalue weighted by Gasteiger charge is 2.27. The number of hydrogen-bond acceptors (Lipinski definition) is 3. The van der Waals surface area contributed by atoms with Crippen molar-refractivity contribution in [3.63, 3.8) is 0 Å². The number of pyridine rings is 1. The number of nitrogens with one attached hydrogen (secondary N) is 1. The number of aromatic nitrogens is 1. The molecule has 25 heavy (non-hydrogen) atoms. The van der Waals surface area contributed by atoms with E-state index in [-0.39, 0.29) is 17.7 Å². The Morgan fingerprint density at radius 3 is 2.64 bits per heavy atom. The average molecular weight is 337 g/mol. The zero-order chi connectivity index (χ0) is 17.6. The first-order chi connectivity index (χ1) is 12.1. The Hall–Kier alpha value is -2.69. The molecule has 0 bridgehead atoms. The molecule has 5 nitrogen and oxygen atoms in total. The lowest BCUT2D eigenvalue weighted by molar-refractivity contribution is -0.126. The SMILES string of the molecule is Cc1cccc(C(=O)N2CCC(C(=O)NCc3ccccn3)CC2)c1. The zero-order valence-electron chi connectivity index (χ0n) is 14.4. The Bertz CT molecular complexity index is 738. The maximum absolute atomic E-state index is 12.6. The van der Waals surface area contributed by atoms with Crippen LogP contribution in [0, 0.1) is 12.8 Å². The highest BCUT2D eigenvalue weighted by atomic mass is 16.2. The molecular weight excluding hydrogens is 314 g/mol. The molecule has 2 heterocycles. The van der Waals surface area contributed by atoms with Gasteiger partial charge >= 0.3 is 0 Å². The smallest absolute Gasteiger partial charge is 0.253 e. The van der Waals surface area contributed by atoms with Gasteiger partial charge in [0.25, 0.3) is 5.91 Å². The van der Waals surface area contributed by atoms with E-state index in [1.165, 1.54) is 0 Å². The molecule has 2 aromatic rings. The maximum atomic E-state index is 12.6. The van der Waals surface area contributed by atoms with Gasteiger partial charge in [0.05, 0.1) is 12.2 Å². The molecule has 1 saturated heterocycles. The molecule has 1 aromatic heterocycles. The molecule has 0 atom stereocenters. The number of likely N-dealkylation sites (tertiary alicyclic amines) is 1. The van der Waals surface area contributed by atoms with E-state index >= 15 is 0 Å². The molecule has 3 rings (SSSR count). The Labute approximate surface area is 148 Å². The number of carbonyl (C=O) groups is 2. The lowest BCUT2D eigenvalue weighted by atomic mass is 9.95. The van der Waals surface area contributed by atoms with E-state index in [1.54, 1.807) is 6.20 Å². The highest BCUT2D eigenvalue weighted by molar-refractivity contribution is 5.94. The molecule has 130 valence electrons. The van der Waals surface area contributed by atoms with Gasteiger partial charge in [0.1, 0.15) is 0 Å². The van der Waals surface area contributed by atoms with Crippen molar-refractivity contribution in [1.82, 2.24) is 15.2 Å². The largest absolute Gasteiger partial charge is 0.350 e. The summed E-state index contributed by atoms with van der Waals surface area (Å²) in [7, 11) is 0. The second-order valence-electron chi connectivity index (χ2n) is 6.47. The van der Waals surface area contributed by atoms with E-state index in [0.717, 1.165) is 16.8 Å². The number of benzene rings is 1. The first-order valence-corrected chi connectivity index (χ1v) is 8.67. The van der Waals surface area contributed by atoms with Gasteiger partial charge in [0.15, 0.2) is 0 Å². The number of carbonyl (C=O) groups excluding carboxylic acids is 2. The quantitative estimate of drug-likeness (QED) is 0.933. The number of rotatable bonds is 4. The molecule has 5 heteroatoms. The number of hydrogen-bond donors (Lipinski definition) is 1. The van der Waals surface area contributed by atoms with Gasteiger partial charge in [-0.1, -0.05) is 23.8 Å². The molecule has 1 aliphatic rings. The lowest BCUT2D eigenvalue weighted by Gasteiger charge is -2.31. The van der Waals surface area contributed by atoms with Gasteiger partial charge in [-0.15, -0.1) is 0 Å². The average Bonchev–Trinajstić information content (AvgIpc) is 2.66.